The van der Waals surface area contributed by atoms with E-state index in [-0.39, 0.29) is 29.9 Å². The molecule has 1 aromatic heterocycles. The second-order valence-corrected chi connectivity index (χ2v) is 7.20. The number of amides is 2. The molecule has 0 bridgehead atoms. The number of carbonyl (C=O) groups is 2. The fourth-order valence-corrected chi connectivity index (χ4v) is 3.92. The lowest BCUT2D eigenvalue weighted by Crippen LogP contribution is -2.50. The van der Waals surface area contributed by atoms with Crippen LogP contribution in [-0.2, 0) is 22.5 Å². The Kier molecular flexibility index (Phi) is 6.24. The van der Waals surface area contributed by atoms with Crippen molar-refractivity contribution in [1.29, 1.82) is 0 Å². The van der Waals surface area contributed by atoms with Crippen LogP contribution in [0.5, 0.6) is 0 Å². The molecule has 1 aromatic rings. The van der Waals surface area contributed by atoms with Gasteiger partial charge in [0.25, 0.3) is 5.91 Å². The van der Waals surface area contributed by atoms with Gasteiger partial charge < -0.3 is 19.9 Å². The summed E-state index contributed by atoms with van der Waals surface area (Å²) >= 11 is 0. The first-order chi connectivity index (χ1) is 12.6. The van der Waals surface area contributed by atoms with E-state index in [2.05, 4.69) is 20.8 Å². The summed E-state index contributed by atoms with van der Waals surface area (Å²) in [6, 6.07) is -0.199. The van der Waals surface area contributed by atoms with Crippen molar-refractivity contribution in [2.75, 3.05) is 13.7 Å². The second-order valence-electron chi connectivity index (χ2n) is 7.20. The molecule has 2 N–H and O–H groups in total. The van der Waals surface area contributed by atoms with E-state index in [1.54, 1.807) is 7.11 Å². The molecule has 1 aliphatic heterocycles. The molecule has 1 fully saturated rings. The predicted molar refractivity (Wildman–Crippen MR) is 95.7 cm³/mol. The Labute approximate surface area is 154 Å². The van der Waals surface area contributed by atoms with Crippen LogP contribution in [0.25, 0.3) is 0 Å². The van der Waals surface area contributed by atoms with E-state index in [0.29, 0.717) is 18.8 Å². The maximum atomic E-state index is 12.8. The molecule has 1 aliphatic carbocycles. The summed E-state index contributed by atoms with van der Waals surface area (Å²) in [6.45, 7) is 3.50. The molecule has 0 unspecified atom stereocenters. The molecule has 144 valence electrons. The van der Waals surface area contributed by atoms with Crippen LogP contribution in [0, 0.1) is 5.92 Å². The molecule has 0 saturated heterocycles. The van der Waals surface area contributed by atoms with Gasteiger partial charge in [-0.2, -0.15) is 0 Å². The lowest BCUT2D eigenvalue weighted by atomic mass is 9.83. The number of methoxy groups -OCH3 is 1. The van der Waals surface area contributed by atoms with Gasteiger partial charge >= 0.3 is 0 Å². The number of ether oxygens (including phenoxy) is 1. The maximum Gasteiger partial charge on any atom is 0.289 e. The smallest absolute Gasteiger partial charge is 0.289 e. The summed E-state index contributed by atoms with van der Waals surface area (Å²) in [5.74, 6) is 0.996. The summed E-state index contributed by atoms with van der Waals surface area (Å²) in [5, 5.41) is 14.2. The number of aromatic nitrogens is 3. The highest BCUT2D eigenvalue weighted by Crippen LogP contribution is 2.27. The third-order valence-electron chi connectivity index (χ3n) is 5.39. The number of fused-ring (bicyclic) bond motifs is 1. The summed E-state index contributed by atoms with van der Waals surface area (Å²) in [7, 11) is 1.65. The van der Waals surface area contributed by atoms with Crippen molar-refractivity contribution < 1.29 is 14.3 Å². The van der Waals surface area contributed by atoms with Crippen molar-refractivity contribution in [2.24, 2.45) is 5.92 Å². The molecule has 8 heteroatoms. The molecule has 0 aromatic carbocycles. The SMILES string of the molecule is CCCNC(=O)[C@H]1CC[C@@H](OC)[C@H](NC(=O)c2nnc3n2CCCC3)C1. The lowest BCUT2D eigenvalue weighted by Gasteiger charge is -2.35. The van der Waals surface area contributed by atoms with Gasteiger partial charge in [0.05, 0.1) is 12.1 Å². The highest BCUT2D eigenvalue weighted by molar-refractivity contribution is 5.91. The summed E-state index contributed by atoms with van der Waals surface area (Å²) in [6.07, 6.45) is 5.93. The van der Waals surface area contributed by atoms with Gasteiger partial charge in [0.15, 0.2) is 0 Å². The molecule has 3 rings (SSSR count). The summed E-state index contributed by atoms with van der Waals surface area (Å²) < 4.78 is 7.47. The zero-order valence-corrected chi connectivity index (χ0v) is 15.7. The number of nitrogens with zero attached hydrogens (tertiary/aromatic N) is 3. The zero-order chi connectivity index (χ0) is 18.5. The fourth-order valence-electron chi connectivity index (χ4n) is 3.92. The van der Waals surface area contributed by atoms with Crippen LogP contribution in [0.4, 0.5) is 0 Å². The molecular weight excluding hydrogens is 334 g/mol. The van der Waals surface area contributed by atoms with Crippen molar-refractivity contribution in [1.82, 2.24) is 25.4 Å². The third-order valence-corrected chi connectivity index (χ3v) is 5.39. The van der Waals surface area contributed by atoms with Gasteiger partial charge in [-0.3, -0.25) is 9.59 Å². The Morgan fingerprint density at radius 1 is 1.27 bits per heavy atom. The van der Waals surface area contributed by atoms with Gasteiger partial charge in [-0.1, -0.05) is 6.92 Å². The predicted octanol–water partition coefficient (Wildman–Crippen LogP) is 1.05. The number of aryl methyl sites for hydroxylation is 1. The van der Waals surface area contributed by atoms with Crippen molar-refractivity contribution in [2.45, 2.75) is 70.6 Å². The quantitative estimate of drug-likeness (QED) is 0.787. The normalized spacial score (nSPS) is 25.4. The van der Waals surface area contributed by atoms with Crippen LogP contribution in [0.3, 0.4) is 0 Å². The summed E-state index contributed by atoms with van der Waals surface area (Å²) in [5.41, 5.74) is 0. The molecule has 0 spiro atoms. The molecule has 2 amide bonds. The first kappa shape index (κ1) is 18.8. The molecule has 0 radical (unpaired) electrons. The van der Waals surface area contributed by atoms with Crippen LogP contribution in [0.1, 0.15) is 61.9 Å². The highest BCUT2D eigenvalue weighted by Gasteiger charge is 2.35. The molecule has 2 aliphatic rings. The minimum absolute atomic E-state index is 0.0699. The van der Waals surface area contributed by atoms with Crippen LogP contribution >= 0.6 is 0 Å². The molecule has 8 nitrogen and oxygen atoms in total. The Balaban J connectivity index is 1.66. The van der Waals surface area contributed by atoms with Gasteiger partial charge in [-0.15, -0.1) is 10.2 Å². The standard InChI is InChI=1S/C18H29N5O3/c1-3-9-19-17(24)12-7-8-14(26-2)13(11-12)20-18(25)16-22-21-15-6-4-5-10-23(15)16/h12-14H,3-11H2,1-2H3,(H,19,24)(H,20,25)/t12-,13+,14+/m0/s1. The van der Waals surface area contributed by atoms with Gasteiger partial charge in [-0.25, -0.2) is 0 Å². The monoisotopic (exact) mass is 363 g/mol. The van der Waals surface area contributed by atoms with Gasteiger partial charge in [-0.05, 0) is 38.5 Å². The summed E-state index contributed by atoms with van der Waals surface area (Å²) in [4.78, 5) is 25.1. The Hall–Kier alpha value is -1.96. The van der Waals surface area contributed by atoms with Crippen molar-refractivity contribution in [3.05, 3.63) is 11.6 Å². The lowest BCUT2D eigenvalue weighted by molar-refractivity contribution is -0.127. The van der Waals surface area contributed by atoms with Crippen LogP contribution in [0.15, 0.2) is 0 Å². The fraction of sp³-hybridized carbons (Fsp3) is 0.778. The Morgan fingerprint density at radius 3 is 2.88 bits per heavy atom. The second kappa shape index (κ2) is 8.62. The first-order valence-electron chi connectivity index (χ1n) is 9.67. The third kappa shape index (κ3) is 4.06. The minimum atomic E-state index is -0.229. The topological polar surface area (TPSA) is 98.1 Å². The van der Waals surface area contributed by atoms with E-state index >= 15 is 0 Å². The number of nitrogens with one attached hydrogen (secondary N) is 2. The van der Waals surface area contributed by atoms with E-state index < -0.39 is 0 Å². The number of hydrogen-bond donors (Lipinski definition) is 2. The Morgan fingerprint density at radius 2 is 2.12 bits per heavy atom. The first-order valence-corrected chi connectivity index (χ1v) is 9.67. The molecule has 26 heavy (non-hydrogen) atoms. The van der Waals surface area contributed by atoms with Crippen LogP contribution in [-0.4, -0.2) is 52.4 Å². The highest BCUT2D eigenvalue weighted by atomic mass is 16.5. The molecule has 3 atom stereocenters. The Bertz CT molecular complexity index is 645. The van der Waals surface area contributed by atoms with Gasteiger partial charge in [0, 0.05) is 32.5 Å². The average molecular weight is 363 g/mol. The molecule has 2 heterocycles. The average Bonchev–Trinajstić information content (AvgIpc) is 3.10. The minimum Gasteiger partial charge on any atom is -0.379 e. The van der Waals surface area contributed by atoms with E-state index in [9.17, 15) is 9.59 Å². The zero-order valence-electron chi connectivity index (χ0n) is 15.7. The largest absolute Gasteiger partial charge is 0.379 e. The van der Waals surface area contributed by atoms with Gasteiger partial charge in [0.1, 0.15) is 5.82 Å². The van der Waals surface area contributed by atoms with Crippen molar-refractivity contribution in [3.63, 3.8) is 0 Å². The molecular formula is C18H29N5O3. The number of hydrogen-bond acceptors (Lipinski definition) is 5. The van der Waals surface area contributed by atoms with E-state index in [1.807, 2.05) is 11.5 Å². The van der Waals surface area contributed by atoms with E-state index in [1.165, 1.54) is 0 Å². The van der Waals surface area contributed by atoms with Crippen LogP contribution < -0.4 is 10.6 Å². The maximum absolute atomic E-state index is 12.8. The van der Waals surface area contributed by atoms with Crippen molar-refractivity contribution in [3.8, 4) is 0 Å². The number of rotatable bonds is 6. The molecule has 1 saturated carbocycles. The van der Waals surface area contributed by atoms with Crippen molar-refractivity contribution >= 4 is 11.8 Å². The van der Waals surface area contributed by atoms with Gasteiger partial charge in [0.2, 0.25) is 11.7 Å². The number of carbonyl (C=O) groups excluding carboxylic acids is 2. The van der Waals surface area contributed by atoms with Crippen LogP contribution in [0.2, 0.25) is 0 Å². The van der Waals surface area contributed by atoms with E-state index in [4.69, 9.17) is 4.74 Å². The van der Waals surface area contributed by atoms with E-state index in [0.717, 1.165) is 50.9 Å².